The summed E-state index contributed by atoms with van der Waals surface area (Å²) in [5, 5.41) is 10.1. The molecule has 0 amide bonds. The summed E-state index contributed by atoms with van der Waals surface area (Å²) in [6.07, 6.45) is 17.9. The molecular weight excluding hydrogens is 334 g/mol. The Hall–Kier alpha value is -1.35. The summed E-state index contributed by atoms with van der Waals surface area (Å²) in [6.45, 7) is 14.5. The van der Waals surface area contributed by atoms with Crippen molar-refractivity contribution in [2.45, 2.75) is 90.1 Å². The Morgan fingerprint density at radius 2 is 1.63 bits per heavy atom. The number of rotatable bonds is 20. The maximum Gasteiger partial charge on any atom is 0.152 e. The van der Waals surface area contributed by atoms with Crippen LogP contribution in [0.2, 0.25) is 0 Å². The number of carbonyl (C=O) groups is 1. The molecule has 3 nitrogen and oxygen atoms in total. The first-order chi connectivity index (χ1) is 13.1. The highest BCUT2D eigenvalue weighted by molar-refractivity contribution is 5.80. The summed E-state index contributed by atoms with van der Waals surface area (Å²) < 4.78 is 0. The standard InChI is InChI=1S/C24H43NO2/c1-5-15-22(7-3)18-19-23(26)16-13-11-9-10-12-14-17-24(27)21-25(8-4)20-6-2/h5-6,8,22-23,26H,1-2,4,7,9-21H2,3H3. The zero-order valence-electron chi connectivity index (χ0n) is 17.7. The molecule has 0 spiro atoms. The molecule has 0 aliphatic carbocycles. The molecule has 0 saturated heterocycles. The van der Waals surface area contributed by atoms with Gasteiger partial charge in [0.25, 0.3) is 0 Å². The lowest BCUT2D eigenvalue weighted by atomic mass is 9.93. The Kier molecular flexibility index (Phi) is 17.1. The van der Waals surface area contributed by atoms with Crippen molar-refractivity contribution in [2.24, 2.45) is 5.92 Å². The van der Waals surface area contributed by atoms with Crippen LogP contribution in [0.1, 0.15) is 84.0 Å². The number of aliphatic hydroxyl groups excluding tert-OH is 1. The van der Waals surface area contributed by atoms with E-state index in [1.165, 1.54) is 25.7 Å². The van der Waals surface area contributed by atoms with Crippen LogP contribution >= 0.6 is 0 Å². The van der Waals surface area contributed by atoms with Crippen molar-refractivity contribution in [1.82, 2.24) is 4.90 Å². The van der Waals surface area contributed by atoms with Crippen molar-refractivity contribution in [2.75, 3.05) is 13.1 Å². The van der Waals surface area contributed by atoms with Gasteiger partial charge in [0.05, 0.1) is 12.6 Å². The third-order valence-electron chi connectivity index (χ3n) is 5.23. The van der Waals surface area contributed by atoms with Crippen LogP contribution in [-0.4, -0.2) is 35.0 Å². The smallest absolute Gasteiger partial charge is 0.152 e. The topological polar surface area (TPSA) is 40.5 Å². The lowest BCUT2D eigenvalue weighted by molar-refractivity contribution is -0.119. The van der Waals surface area contributed by atoms with Gasteiger partial charge in [0.2, 0.25) is 0 Å². The third kappa shape index (κ3) is 15.4. The lowest BCUT2D eigenvalue weighted by Crippen LogP contribution is -2.24. The minimum atomic E-state index is -0.148. The molecule has 0 aromatic rings. The van der Waals surface area contributed by atoms with Crippen LogP contribution in [0.25, 0.3) is 0 Å². The Balaban J connectivity index is 3.55. The van der Waals surface area contributed by atoms with Crippen molar-refractivity contribution in [3.05, 3.63) is 38.1 Å². The van der Waals surface area contributed by atoms with E-state index >= 15 is 0 Å². The fourth-order valence-electron chi connectivity index (χ4n) is 3.38. The highest BCUT2D eigenvalue weighted by atomic mass is 16.3. The second-order valence-corrected chi connectivity index (χ2v) is 7.63. The minimum Gasteiger partial charge on any atom is -0.393 e. The van der Waals surface area contributed by atoms with Gasteiger partial charge in [0, 0.05) is 13.0 Å². The molecule has 0 aromatic carbocycles. The van der Waals surface area contributed by atoms with Crippen molar-refractivity contribution in [1.29, 1.82) is 0 Å². The van der Waals surface area contributed by atoms with Gasteiger partial charge in [-0.25, -0.2) is 0 Å². The molecule has 0 aromatic heterocycles. The van der Waals surface area contributed by atoms with Crippen LogP contribution in [-0.2, 0) is 4.79 Å². The van der Waals surface area contributed by atoms with E-state index in [9.17, 15) is 9.90 Å². The number of nitrogens with zero attached hydrogens (tertiary/aromatic N) is 1. The molecule has 0 radical (unpaired) electrons. The number of hydrogen-bond donors (Lipinski definition) is 1. The van der Waals surface area contributed by atoms with E-state index in [2.05, 4.69) is 26.7 Å². The molecule has 0 aliphatic heterocycles. The first-order valence-corrected chi connectivity index (χ1v) is 10.8. The molecule has 2 atom stereocenters. The minimum absolute atomic E-state index is 0.148. The fraction of sp³-hybridized carbons (Fsp3) is 0.708. The maximum atomic E-state index is 11.9. The Morgan fingerprint density at radius 1 is 0.963 bits per heavy atom. The van der Waals surface area contributed by atoms with Crippen LogP contribution in [0.4, 0.5) is 0 Å². The number of hydrogen-bond acceptors (Lipinski definition) is 3. The molecule has 27 heavy (non-hydrogen) atoms. The Morgan fingerprint density at radius 3 is 2.22 bits per heavy atom. The van der Waals surface area contributed by atoms with Crippen LogP contribution in [0.5, 0.6) is 0 Å². The monoisotopic (exact) mass is 377 g/mol. The maximum absolute atomic E-state index is 11.9. The SMILES string of the molecule is C=CCC(CC)CCC(O)CCCCCCCCC(=O)CN(C=C)CC=C. The summed E-state index contributed by atoms with van der Waals surface area (Å²) in [5.41, 5.74) is 0. The summed E-state index contributed by atoms with van der Waals surface area (Å²) >= 11 is 0. The van der Waals surface area contributed by atoms with Gasteiger partial charge < -0.3 is 10.0 Å². The molecule has 0 rings (SSSR count). The predicted octanol–water partition coefficient (Wildman–Crippen LogP) is 6.05. The second-order valence-electron chi connectivity index (χ2n) is 7.63. The first-order valence-electron chi connectivity index (χ1n) is 10.8. The van der Waals surface area contributed by atoms with E-state index in [0.717, 1.165) is 44.9 Å². The van der Waals surface area contributed by atoms with Gasteiger partial charge in [-0.2, -0.15) is 0 Å². The van der Waals surface area contributed by atoms with Crippen LogP contribution < -0.4 is 0 Å². The van der Waals surface area contributed by atoms with Gasteiger partial charge >= 0.3 is 0 Å². The highest BCUT2D eigenvalue weighted by Crippen LogP contribution is 2.19. The quantitative estimate of drug-likeness (QED) is 0.207. The average Bonchev–Trinajstić information content (AvgIpc) is 2.66. The summed E-state index contributed by atoms with van der Waals surface area (Å²) in [7, 11) is 0. The normalized spacial score (nSPS) is 13.0. The molecule has 0 heterocycles. The number of allylic oxidation sites excluding steroid dienone is 1. The molecule has 0 fully saturated rings. The largest absolute Gasteiger partial charge is 0.393 e. The molecule has 156 valence electrons. The van der Waals surface area contributed by atoms with E-state index in [1.54, 1.807) is 12.3 Å². The second kappa shape index (κ2) is 18.0. The van der Waals surface area contributed by atoms with Crippen molar-refractivity contribution < 1.29 is 9.90 Å². The number of Topliss-reactive ketones (excluding diaryl/α,β-unsaturated/α-hetero) is 1. The van der Waals surface area contributed by atoms with Crippen LogP contribution in [0.15, 0.2) is 38.1 Å². The van der Waals surface area contributed by atoms with E-state index in [1.807, 2.05) is 11.0 Å². The average molecular weight is 378 g/mol. The summed E-state index contributed by atoms with van der Waals surface area (Å²) in [4.78, 5) is 13.8. The zero-order chi connectivity index (χ0) is 20.3. The van der Waals surface area contributed by atoms with Crippen molar-refractivity contribution in [3.8, 4) is 0 Å². The van der Waals surface area contributed by atoms with Gasteiger partial charge in [-0.3, -0.25) is 4.79 Å². The Labute approximate surface area is 168 Å². The van der Waals surface area contributed by atoms with Gasteiger partial charge in [0.15, 0.2) is 5.78 Å². The summed E-state index contributed by atoms with van der Waals surface area (Å²) in [5.74, 6) is 0.955. The molecule has 0 saturated carbocycles. The third-order valence-corrected chi connectivity index (χ3v) is 5.23. The zero-order valence-corrected chi connectivity index (χ0v) is 17.7. The van der Waals surface area contributed by atoms with Gasteiger partial charge in [-0.15, -0.1) is 13.2 Å². The van der Waals surface area contributed by atoms with Crippen molar-refractivity contribution >= 4 is 5.78 Å². The molecule has 2 unspecified atom stereocenters. The number of unbranched alkanes of at least 4 members (excludes halogenated alkanes) is 5. The summed E-state index contributed by atoms with van der Waals surface area (Å²) in [6, 6.07) is 0. The van der Waals surface area contributed by atoms with Gasteiger partial charge in [0.1, 0.15) is 0 Å². The fourth-order valence-corrected chi connectivity index (χ4v) is 3.38. The molecule has 1 N–H and O–H groups in total. The first kappa shape index (κ1) is 25.6. The van der Waals surface area contributed by atoms with E-state index in [-0.39, 0.29) is 11.9 Å². The van der Waals surface area contributed by atoms with Gasteiger partial charge in [-0.1, -0.05) is 64.2 Å². The van der Waals surface area contributed by atoms with E-state index in [0.29, 0.717) is 25.4 Å². The number of aliphatic hydroxyl groups is 1. The molecule has 3 heteroatoms. The van der Waals surface area contributed by atoms with E-state index in [4.69, 9.17) is 0 Å². The Bertz CT molecular complexity index is 405. The number of ketones is 1. The molecule has 0 bridgehead atoms. The lowest BCUT2D eigenvalue weighted by Gasteiger charge is -2.16. The predicted molar refractivity (Wildman–Crippen MR) is 118 cm³/mol. The molecule has 0 aliphatic rings. The van der Waals surface area contributed by atoms with E-state index < -0.39 is 0 Å². The van der Waals surface area contributed by atoms with Crippen LogP contribution in [0.3, 0.4) is 0 Å². The highest BCUT2D eigenvalue weighted by Gasteiger charge is 2.09. The van der Waals surface area contributed by atoms with Crippen LogP contribution in [0, 0.1) is 5.92 Å². The van der Waals surface area contributed by atoms with Crippen molar-refractivity contribution in [3.63, 3.8) is 0 Å². The number of carbonyl (C=O) groups excluding carboxylic acids is 1. The molecular formula is C24H43NO2. The van der Waals surface area contributed by atoms with Gasteiger partial charge in [-0.05, 0) is 44.2 Å².